The molecule has 0 aromatic heterocycles. The van der Waals surface area contributed by atoms with E-state index in [1.165, 1.54) is 19.2 Å². The van der Waals surface area contributed by atoms with Crippen LogP contribution < -0.4 is 5.32 Å². The van der Waals surface area contributed by atoms with E-state index in [0.29, 0.717) is 6.42 Å². The van der Waals surface area contributed by atoms with Crippen molar-refractivity contribution < 1.29 is 22.7 Å². The molecule has 0 spiro atoms. The van der Waals surface area contributed by atoms with Gasteiger partial charge in [-0.3, -0.25) is 0 Å². The predicted molar refractivity (Wildman–Crippen MR) is 160 cm³/mol. The molecule has 0 saturated heterocycles. The SMILES string of the molecule is C=C(OC(=S)[C@@H](NC(=O)OCC1c2ccccc2-c2ccccc21)[C@@H](C)CC)N(C)S(=O)(=O)c1ccc(C)cc1. The summed E-state index contributed by atoms with van der Waals surface area (Å²) in [5.41, 5.74) is 5.45. The normalized spacial score (nSPS) is 13.9. The van der Waals surface area contributed by atoms with Gasteiger partial charge in [0.2, 0.25) is 5.88 Å². The second-order valence-electron chi connectivity index (χ2n) is 9.93. The summed E-state index contributed by atoms with van der Waals surface area (Å²) in [6.07, 6.45) is 0.0475. The molecule has 0 radical (unpaired) electrons. The Hall–Kier alpha value is -3.69. The maximum atomic E-state index is 13.0. The first-order valence-corrected chi connectivity index (χ1v) is 15.0. The van der Waals surface area contributed by atoms with E-state index < -0.39 is 22.2 Å². The van der Waals surface area contributed by atoms with Gasteiger partial charge in [0.25, 0.3) is 10.0 Å². The van der Waals surface area contributed by atoms with Crippen LogP contribution in [-0.2, 0) is 19.5 Å². The van der Waals surface area contributed by atoms with Gasteiger partial charge in [-0.25, -0.2) is 17.5 Å². The van der Waals surface area contributed by atoms with E-state index in [1.807, 2.05) is 45.0 Å². The van der Waals surface area contributed by atoms with Crippen LogP contribution in [0.2, 0.25) is 0 Å². The molecule has 0 aliphatic heterocycles. The van der Waals surface area contributed by atoms with Crippen LogP contribution in [0.5, 0.6) is 0 Å². The van der Waals surface area contributed by atoms with Gasteiger partial charge in [0.05, 0.1) is 4.90 Å². The molecule has 0 heterocycles. The number of carbonyl (C=O) groups is 1. The minimum atomic E-state index is -3.90. The first kappa shape index (κ1) is 29.3. The van der Waals surface area contributed by atoms with Gasteiger partial charge in [-0.15, -0.1) is 0 Å². The number of rotatable bonds is 10. The molecule has 40 heavy (non-hydrogen) atoms. The average molecular weight is 579 g/mol. The van der Waals surface area contributed by atoms with Crippen molar-refractivity contribution in [3.63, 3.8) is 0 Å². The molecule has 2 atom stereocenters. The molecule has 0 saturated carbocycles. The number of aryl methyl sites for hydroxylation is 1. The van der Waals surface area contributed by atoms with Crippen molar-refractivity contribution in [1.82, 2.24) is 9.62 Å². The van der Waals surface area contributed by atoms with Crippen molar-refractivity contribution in [2.75, 3.05) is 13.7 Å². The van der Waals surface area contributed by atoms with Crippen LogP contribution in [0.4, 0.5) is 4.79 Å². The average Bonchev–Trinajstić information content (AvgIpc) is 3.27. The molecule has 1 amide bonds. The number of nitrogens with one attached hydrogen (secondary N) is 1. The van der Waals surface area contributed by atoms with E-state index in [1.54, 1.807) is 12.1 Å². The van der Waals surface area contributed by atoms with Gasteiger partial charge in [0.15, 0.2) is 5.05 Å². The maximum absolute atomic E-state index is 13.0. The number of carbonyl (C=O) groups excluding carboxylic acids is 1. The zero-order valence-electron chi connectivity index (χ0n) is 23.1. The number of hydrogen-bond acceptors (Lipinski definition) is 6. The summed E-state index contributed by atoms with van der Waals surface area (Å²) in [5, 5.41) is 2.82. The Morgan fingerprint density at radius 1 is 1.02 bits per heavy atom. The molecular weight excluding hydrogens is 544 g/mol. The molecule has 0 unspecified atom stereocenters. The van der Waals surface area contributed by atoms with Crippen LogP contribution in [0.3, 0.4) is 0 Å². The summed E-state index contributed by atoms with van der Waals surface area (Å²) < 4.78 is 38.4. The Bertz CT molecular complexity index is 1470. The zero-order chi connectivity index (χ0) is 29.0. The van der Waals surface area contributed by atoms with Crippen LogP contribution in [0.25, 0.3) is 11.1 Å². The second-order valence-corrected chi connectivity index (χ2v) is 12.3. The molecule has 0 bridgehead atoms. The number of fused-ring (bicyclic) bond motifs is 3. The van der Waals surface area contributed by atoms with Gasteiger partial charge in [-0.1, -0.05) is 86.5 Å². The largest absolute Gasteiger partial charge is 0.449 e. The van der Waals surface area contributed by atoms with Crippen molar-refractivity contribution in [3.05, 3.63) is 102 Å². The quantitative estimate of drug-likeness (QED) is 0.222. The number of benzene rings is 3. The van der Waals surface area contributed by atoms with Gasteiger partial charge in [-0.05, 0) is 66.0 Å². The number of ether oxygens (including phenoxy) is 2. The first-order chi connectivity index (χ1) is 19.0. The predicted octanol–water partition coefficient (Wildman–Crippen LogP) is 6.38. The van der Waals surface area contributed by atoms with Crippen molar-refractivity contribution in [2.24, 2.45) is 5.92 Å². The molecule has 1 aliphatic rings. The lowest BCUT2D eigenvalue weighted by Gasteiger charge is -2.27. The standard InChI is InChI=1S/C31H34N2O5S2/c1-6-21(3)29(30(39)38-22(4)33(5)40(35,36)23-17-15-20(2)16-18-23)32-31(34)37-19-28-26-13-9-7-11-24(26)25-12-8-10-14-27(25)28/h7-18,21,28-29H,4,6,19H2,1-3,5H3,(H,32,34)/t21-,29-/m0/s1. The number of nitrogens with zero attached hydrogens (tertiary/aromatic N) is 1. The molecule has 7 nitrogen and oxygen atoms in total. The van der Waals surface area contributed by atoms with Crippen LogP contribution in [0, 0.1) is 12.8 Å². The highest BCUT2D eigenvalue weighted by Crippen LogP contribution is 2.44. The van der Waals surface area contributed by atoms with E-state index in [0.717, 1.165) is 32.1 Å². The van der Waals surface area contributed by atoms with Crippen molar-refractivity contribution in [3.8, 4) is 11.1 Å². The smallest absolute Gasteiger partial charge is 0.407 e. The van der Waals surface area contributed by atoms with E-state index in [2.05, 4.69) is 36.2 Å². The third-order valence-corrected chi connectivity index (χ3v) is 9.46. The molecule has 0 fully saturated rings. The van der Waals surface area contributed by atoms with Gasteiger partial charge in [-0.2, -0.15) is 0 Å². The van der Waals surface area contributed by atoms with E-state index in [4.69, 9.17) is 21.7 Å². The highest BCUT2D eigenvalue weighted by atomic mass is 32.2. The molecule has 210 valence electrons. The van der Waals surface area contributed by atoms with Crippen molar-refractivity contribution in [1.29, 1.82) is 0 Å². The number of amides is 1. The summed E-state index contributed by atoms with van der Waals surface area (Å²) in [4.78, 5) is 13.1. The van der Waals surface area contributed by atoms with Gasteiger partial charge in [0, 0.05) is 13.0 Å². The lowest BCUT2D eigenvalue weighted by Crippen LogP contribution is -2.46. The molecule has 4 rings (SSSR count). The molecule has 9 heteroatoms. The Balaban J connectivity index is 1.41. The molecule has 1 N–H and O–H groups in total. The topological polar surface area (TPSA) is 84.9 Å². The minimum Gasteiger partial charge on any atom is -0.449 e. The summed E-state index contributed by atoms with van der Waals surface area (Å²) in [6.45, 7) is 9.68. The monoisotopic (exact) mass is 578 g/mol. The second kappa shape index (κ2) is 12.2. The zero-order valence-corrected chi connectivity index (χ0v) is 24.7. The third-order valence-electron chi connectivity index (χ3n) is 7.33. The van der Waals surface area contributed by atoms with Crippen molar-refractivity contribution >= 4 is 33.4 Å². The van der Waals surface area contributed by atoms with Crippen LogP contribution in [0.1, 0.15) is 42.9 Å². The van der Waals surface area contributed by atoms with E-state index in [9.17, 15) is 13.2 Å². The summed E-state index contributed by atoms with van der Waals surface area (Å²) in [5.74, 6) is -0.364. The van der Waals surface area contributed by atoms with Crippen molar-refractivity contribution in [2.45, 2.75) is 44.0 Å². The lowest BCUT2D eigenvalue weighted by atomic mass is 9.98. The summed E-state index contributed by atoms with van der Waals surface area (Å²) >= 11 is 5.51. The number of sulfonamides is 1. The van der Waals surface area contributed by atoms with Crippen LogP contribution in [0.15, 0.2) is 90.2 Å². The fourth-order valence-electron chi connectivity index (χ4n) is 4.68. The van der Waals surface area contributed by atoms with Gasteiger partial charge >= 0.3 is 6.09 Å². The Morgan fingerprint density at radius 2 is 1.57 bits per heavy atom. The minimum absolute atomic E-state index is 0.00110. The molecule has 1 aliphatic carbocycles. The fraction of sp³-hybridized carbons (Fsp3) is 0.290. The fourth-order valence-corrected chi connectivity index (χ4v) is 6.17. The lowest BCUT2D eigenvalue weighted by molar-refractivity contribution is 0.137. The van der Waals surface area contributed by atoms with Gasteiger partial charge < -0.3 is 14.8 Å². The Kier molecular flexibility index (Phi) is 8.95. The van der Waals surface area contributed by atoms with Crippen LogP contribution >= 0.6 is 12.2 Å². The van der Waals surface area contributed by atoms with E-state index in [-0.39, 0.29) is 34.3 Å². The van der Waals surface area contributed by atoms with Gasteiger partial charge in [0.1, 0.15) is 12.6 Å². The summed E-state index contributed by atoms with van der Waals surface area (Å²) in [6, 6.07) is 22.0. The third kappa shape index (κ3) is 6.05. The molecule has 3 aromatic rings. The maximum Gasteiger partial charge on any atom is 0.407 e. The highest BCUT2D eigenvalue weighted by Gasteiger charge is 2.31. The highest BCUT2D eigenvalue weighted by molar-refractivity contribution is 7.89. The Morgan fingerprint density at radius 3 is 2.12 bits per heavy atom. The van der Waals surface area contributed by atoms with Crippen LogP contribution in [-0.4, -0.2) is 43.6 Å². The Labute approximate surface area is 241 Å². The number of thiocarbonyl (C=S) groups is 1. The molecule has 3 aromatic carbocycles. The number of alkyl carbamates (subject to hydrolysis) is 1. The number of hydrogen-bond donors (Lipinski definition) is 1. The first-order valence-electron chi connectivity index (χ1n) is 13.1. The van der Waals surface area contributed by atoms with E-state index >= 15 is 0 Å². The molecular formula is C31H34N2O5S2. The summed E-state index contributed by atoms with van der Waals surface area (Å²) in [7, 11) is -2.56.